The molecule has 1 aromatic heterocycles. The zero-order valence-electron chi connectivity index (χ0n) is 14.8. The van der Waals surface area contributed by atoms with Gasteiger partial charge in [0, 0.05) is 43.2 Å². The van der Waals surface area contributed by atoms with Crippen LogP contribution in [-0.2, 0) is 11.3 Å². The highest BCUT2D eigenvalue weighted by atomic mass is 16.2. The summed E-state index contributed by atoms with van der Waals surface area (Å²) in [6, 6.07) is 7.03. The van der Waals surface area contributed by atoms with Crippen molar-refractivity contribution in [2.75, 3.05) is 25.0 Å². The van der Waals surface area contributed by atoms with Crippen molar-refractivity contribution in [1.82, 2.24) is 20.2 Å². The second-order valence-electron chi connectivity index (χ2n) is 6.58. The Morgan fingerprint density at radius 3 is 3.04 bits per heavy atom. The number of hydrogen-bond acceptors (Lipinski definition) is 4. The molecule has 1 atom stereocenters. The average molecular weight is 355 g/mol. The fourth-order valence-corrected chi connectivity index (χ4v) is 3.06. The number of imidazole rings is 1. The van der Waals surface area contributed by atoms with Crippen LogP contribution < -0.4 is 16.0 Å². The van der Waals surface area contributed by atoms with E-state index in [4.69, 9.17) is 0 Å². The molecule has 1 saturated heterocycles. The van der Waals surface area contributed by atoms with Crippen molar-refractivity contribution in [2.24, 2.45) is 5.92 Å². The summed E-state index contributed by atoms with van der Waals surface area (Å²) in [7, 11) is 0. The van der Waals surface area contributed by atoms with Crippen LogP contribution in [0.1, 0.15) is 29.6 Å². The number of benzene rings is 1. The number of amides is 2. The van der Waals surface area contributed by atoms with Crippen molar-refractivity contribution in [3.05, 3.63) is 48.5 Å². The number of anilines is 1. The Kier molecular flexibility index (Phi) is 6.38. The van der Waals surface area contributed by atoms with Crippen LogP contribution in [0.15, 0.2) is 43.0 Å². The second-order valence-corrected chi connectivity index (χ2v) is 6.58. The predicted molar refractivity (Wildman–Crippen MR) is 99.8 cm³/mol. The van der Waals surface area contributed by atoms with E-state index in [1.807, 2.05) is 10.8 Å². The van der Waals surface area contributed by atoms with Crippen molar-refractivity contribution in [1.29, 1.82) is 0 Å². The van der Waals surface area contributed by atoms with Gasteiger partial charge in [-0.2, -0.15) is 0 Å². The van der Waals surface area contributed by atoms with Crippen LogP contribution in [0.3, 0.4) is 0 Å². The molecule has 3 rings (SSSR count). The van der Waals surface area contributed by atoms with E-state index in [1.165, 1.54) is 6.42 Å². The number of nitrogens with zero attached hydrogens (tertiary/aromatic N) is 2. The molecule has 1 fully saturated rings. The van der Waals surface area contributed by atoms with Crippen molar-refractivity contribution < 1.29 is 9.59 Å². The number of rotatable bonds is 8. The van der Waals surface area contributed by atoms with Crippen molar-refractivity contribution in [3.8, 4) is 0 Å². The summed E-state index contributed by atoms with van der Waals surface area (Å²) in [6.45, 7) is 3.35. The molecule has 7 heteroatoms. The molecule has 7 nitrogen and oxygen atoms in total. The Morgan fingerprint density at radius 1 is 1.35 bits per heavy atom. The molecule has 2 amide bonds. The fraction of sp³-hybridized carbons (Fsp3) is 0.421. The molecule has 0 bridgehead atoms. The summed E-state index contributed by atoms with van der Waals surface area (Å²) in [5, 5.41) is 9.13. The van der Waals surface area contributed by atoms with Crippen LogP contribution in [-0.4, -0.2) is 41.0 Å². The number of hydrogen-bond donors (Lipinski definition) is 3. The minimum absolute atomic E-state index is 0.0926. The first-order valence-corrected chi connectivity index (χ1v) is 9.05. The molecule has 0 saturated carbocycles. The van der Waals surface area contributed by atoms with Gasteiger partial charge in [-0.25, -0.2) is 4.98 Å². The van der Waals surface area contributed by atoms with Crippen LogP contribution in [0.25, 0.3) is 0 Å². The van der Waals surface area contributed by atoms with E-state index in [0.29, 0.717) is 36.7 Å². The highest BCUT2D eigenvalue weighted by Gasteiger charge is 2.14. The standard InChI is InChI=1S/C19H25N5O2/c25-18(6-10-24-11-9-21-14-24)23-17-3-1-2-16(12-17)19(26)22-8-5-15-4-7-20-13-15/h1-3,9,11-12,14-15,20H,4-8,10,13H2,(H,22,26)(H,23,25). The monoisotopic (exact) mass is 355 g/mol. The smallest absolute Gasteiger partial charge is 0.251 e. The van der Waals surface area contributed by atoms with Gasteiger partial charge in [-0.15, -0.1) is 0 Å². The summed E-state index contributed by atoms with van der Waals surface area (Å²) in [5.74, 6) is 0.451. The maximum absolute atomic E-state index is 12.3. The molecule has 2 heterocycles. The van der Waals surface area contributed by atoms with Crippen LogP contribution >= 0.6 is 0 Å². The van der Waals surface area contributed by atoms with Gasteiger partial charge in [0.15, 0.2) is 0 Å². The van der Waals surface area contributed by atoms with Gasteiger partial charge < -0.3 is 20.5 Å². The van der Waals surface area contributed by atoms with Crippen LogP contribution in [0.5, 0.6) is 0 Å². The first kappa shape index (κ1) is 18.1. The van der Waals surface area contributed by atoms with Gasteiger partial charge in [-0.05, 0) is 50.0 Å². The molecule has 26 heavy (non-hydrogen) atoms. The molecule has 1 aromatic carbocycles. The molecular formula is C19H25N5O2. The molecule has 0 aliphatic carbocycles. The minimum atomic E-state index is -0.106. The quantitative estimate of drug-likeness (QED) is 0.672. The zero-order chi connectivity index (χ0) is 18.2. The highest BCUT2D eigenvalue weighted by Crippen LogP contribution is 2.13. The van der Waals surface area contributed by atoms with E-state index in [-0.39, 0.29) is 11.8 Å². The Morgan fingerprint density at radius 2 is 2.27 bits per heavy atom. The second kappa shape index (κ2) is 9.15. The Labute approximate surface area is 153 Å². The molecule has 2 aromatic rings. The lowest BCUT2D eigenvalue weighted by Gasteiger charge is -2.10. The van der Waals surface area contributed by atoms with E-state index in [2.05, 4.69) is 20.9 Å². The van der Waals surface area contributed by atoms with E-state index < -0.39 is 0 Å². The number of aryl methyl sites for hydroxylation is 1. The molecule has 138 valence electrons. The van der Waals surface area contributed by atoms with Gasteiger partial charge in [0.2, 0.25) is 5.91 Å². The normalized spacial score (nSPS) is 16.4. The average Bonchev–Trinajstić information content (AvgIpc) is 3.34. The largest absolute Gasteiger partial charge is 0.352 e. The number of carbonyl (C=O) groups is 2. The van der Waals surface area contributed by atoms with E-state index in [9.17, 15) is 9.59 Å². The summed E-state index contributed by atoms with van der Waals surface area (Å²) < 4.78 is 1.85. The summed E-state index contributed by atoms with van der Waals surface area (Å²) in [5.41, 5.74) is 1.19. The van der Waals surface area contributed by atoms with Crippen molar-refractivity contribution in [2.45, 2.75) is 25.8 Å². The molecule has 0 spiro atoms. The maximum atomic E-state index is 12.3. The summed E-state index contributed by atoms with van der Waals surface area (Å²) in [6.07, 6.45) is 7.70. The molecular weight excluding hydrogens is 330 g/mol. The van der Waals surface area contributed by atoms with Crippen molar-refractivity contribution >= 4 is 17.5 Å². The predicted octanol–water partition coefficient (Wildman–Crippen LogP) is 1.64. The lowest BCUT2D eigenvalue weighted by molar-refractivity contribution is -0.116. The van der Waals surface area contributed by atoms with E-state index in [1.54, 1.807) is 36.8 Å². The first-order chi connectivity index (χ1) is 12.7. The van der Waals surface area contributed by atoms with Crippen LogP contribution in [0.4, 0.5) is 5.69 Å². The number of carbonyl (C=O) groups excluding carboxylic acids is 2. The third kappa shape index (κ3) is 5.42. The first-order valence-electron chi connectivity index (χ1n) is 9.05. The summed E-state index contributed by atoms with van der Waals surface area (Å²) >= 11 is 0. The molecule has 1 aliphatic rings. The molecule has 1 unspecified atom stereocenters. The van der Waals surface area contributed by atoms with Gasteiger partial charge in [0.1, 0.15) is 0 Å². The zero-order valence-corrected chi connectivity index (χ0v) is 14.8. The van der Waals surface area contributed by atoms with E-state index >= 15 is 0 Å². The van der Waals surface area contributed by atoms with Gasteiger partial charge in [-0.1, -0.05) is 6.07 Å². The van der Waals surface area contributed by atoms with E-state index in [0.717, 1.165) is 19.5 Å². The van der Waals surface area contributed by atoms with Crippen LogP contribution in [0.2, 0.25) is 0 Å². The van der Waals surface area contributed by atoms with Crippen LogP contribution in [0, 0.1) is 5.92 Å². The molecule has 1 aliphatic heterocycles. The molecule has 0 radical (unpaired) electrons. The Balaban J connectivity index is 1.45. The topological polar surface area (TPSA) is 88.0 Å². The Hall–Kier alpha value is -2.67. The highest BCUT2D eigenvalue weighted by molar-refractivity contribution is 5.97. The molecule has 3 N–H and O–H groups in total. The van der Waals surface area contributed by atoms with Gasteiger partial charge in [0.05, 0.1) is 6.33 Å². The van der Waals surface area contributed by atoms with Gasteiger partial charge in [0.25, 0.3) is 5.91 Å². The lowest BCUT2D eigenvalue weighted by Crippen LogP contribution is -2.26. The third-order valence-electron chi connectivity index (χ3n) is 4.57. The summed E-state index contributed by atoms with van der Waals surface area (Å²) in [4.78, 5) is 28.3. The fourth-order valence-electron chi connectivity index (χ4n) is 3.06. The number of nitrogens with one attached hydrogen (secondary N) is 3. The lowest BCUT2D eigenvalue weighted by atomic mass is 10.1. The SMILES string of the molecule is O=C(CCn1ccnc1)Nc1cccc(C(=O)NCCC2CCNC2)c1. The Bertz CT molecular complexity index is 723. The van der Waals surface area contributed by atoms with Crippen molar-refractivity contribution in [3.63, 3.8) is 0 Å². The van der Waals surface area contributed by atoms with Gasteiger partial charge in [-0.3, -0.25) is 9.59 Å². The minimum Gasteiger partial charge on any atom is -0.352 e. The third-order valence-corrected chi connectivity index (χ3v) is 4.57. The maximum Gasteiger partial charge on any atom is 0.251 e. The number of aromatic nitrogens is 2. The van der Waals surface area contributed by atoms with Gasteiger partial charge >= 0.3 is 0 Å².